The zero-order valence-electron chi connectivity index (χ0n) is 8.81. The number of H-pyrrole nitrogens is 1. The van der Waals surface area contributed by atoms with Crippen molar-refractivity contribution in [1.82, 2.24) is 9.97 Å². The van der Waals surface area contributed by atoms with Crippen LogP contribution < -0.4 is 0 Å². The molecule has 0 aliphatic rings. The van der Waals surface area contributed by atoms with E-state index in [2.05, 4.69) is 9.97 Å². The molecular formula is C13H14FeN2-6. The smallest absolute Gasteiger partial charge is 0.0919 e. The van der Waals surface area contributed by atoms with Crippen LogP contribution in [0.5, 0.6) is 0 Å². The maximum Gasteiger partial charge on any atom is 0.0919 e. The predicted molar refractivity (Wildman–Crippen MR) is 62.7 cm³/mol. The van der Waals surface area contributed by atoms with E-state index in [0.717, 1.165) is 0 Å². The van der Waals surface area contributed by atoms with Gasteiger partial charge in [-0.05, 0) is 0 Å². The van der Waals surface area contributed by atoms with E-state index in [0.29, 0.717) is 0 Å². The summed E-state index contributed by atoms with van der Waals surface area (Å²) in [4.78, 5) is 6.42. The van der Waals surface area contributed by atoms with Gasteiger partial charge in [-0.2, -0.15) is 18.2 Å². The number of hydrogen-bond acceptors (Lipinski definition) is 1. The van der Waals surface area contributed by atoms with E-state index in [1.807, 2.05) is 60.7 Å². The van der Waals surface area contributed by atoms with Gasteiger partial charge in [0.1, 0.15) is 0 Å². The third-order valence-corrected chi connectivity index (χ3v) is 1.52. The van der Waals surface area contributed by atoms with Crippen LogP contribution in [0.2, 0.25) is 0 Å². The summed E-state index contributed by atoms with van der Waals surface area (Å²) in [6, 6.07) is 20.0. The first-order valence-electron chi connectivity index (χ1n) is 4.76. The van der Waals surface area contributed by atoms with Crippen LogP contribution in [-0.4, -0.2) is 9.97 Å². The first-order valence-corrected chi connectivity index (χ1v) is 4.76. The molecule has 2 nitrogen and oxygen atoms in total. The Kier molecular flexibility index (Phi) is 10.4. The Morgan fingerprint density at radius 1 is 0.875 bits per heavy atom. The third-order valence-electron chi connectivity index (χ3n) is 1.52. The minimum absolute atomic E-state index is 0. The van der Waals surface area contributed by atoms with Crippen LogP contribution in [0.15, 0.2) is 79.4 Å². The van der Waals surface area contributed by atoms with Crippen molar-refractivity contribution >= 4 is 0 Å². The molecular weight excluding hydrogens is 240 g/mol. The Bertz CT molecular complexity index is 246. The van der Waals surface area contributed by atoms with Gasteiger partial charge in [0.25, 0.3) is 0 Å². The SMILES string of the molecule is [Fe].[cH-]1[cH-][cH-][cH-][cH-]1.c1c[nH]cn1.c1cc[cH-]c1. The first kappa shape index (κ1) is 14.4. The Labute approximate surface area is 107 Å². The van der Waals surface area contributed by atoms with Crippen molar-refractivity contribution < 1.29 is 17.1 Å². The molecule has 90 valence electrons. The Balaban J connectivity index is 0.000000205. The quantitative estimate of drug-likeness (QED) is 0.484. The second-order valence-electron chi connectivity index (χ2n) is 2.69. The molecule has 0 aliphatic carbocycles. The summed E-state index contributed by atoms with van der Waals surface area (Å²) in [6.07, 6.45) is 5.08. The molecule has 3 aromatic rings. The summed E-state index contributed by atoms with van der Waals surface area (Å²) in [5.41, 5.74) is 0. The van der Waals surface area contributed by atoms with Crippen LogP contribution in [0, 0.1) is 0 Å². The molecule has 0 aliphatic heterocycles. The van der Waals surface area contributed by atoms with Crippen LogP contribution in [-0.2, 0) is 17.1 Å². The largest absolute Gasteiger partial charge is 0.748 e. The second-order valence-corrected chi connectivity index (χ2v) is 2.69. The van der Waals surface area contributed by atoms with Gasteiger partial charge in [0.15, 0.2) is 0 Å². The van der Waals surface area contributed by atoms with Crippen molar-refractivity contribution in [3.05, 3.63) is 79.4 Å². The van der Waals surface area contributed by atoms with Gasteiger partial charge in [0, 0.05) is 29.5 Å². The fraction of sp³-hybridized carbons (Fsp3) is 0. The molecule has 0 saturated carbocycles. The fourth-order valence-electron chi connectivity index (χ4n) is 0.857. The molecule has 0 spiro atoms. The Morgan fingerprint density at radius 3 is 1.62 bits per heavy atom. The molecule has 3 heteroatoms. The van der Waals surface area contributed by atoms with E-state index in [-0.39, 0.29) is 17.1 Å². The van der Waals surface area contributed by atoms with Gasteiger partial charge in [-0.3, -0.25) is 0 Å². The van der Waals surface area contributed by atoms with E-state index in [4.69, 9.17) is 0 Å². The van der Waals surface area contributed by atoms with E-state index in [1.54, 1.807) is 18.7 Å². The number of hydrogen-bond donors (Lipinski definition) is 1. The molecule has 16 heavy (non-hydrogen) atoms. The first-order chi connectivity index (χ1) is 7.50. The van der Waals surface area contributed by atoms with Crippen LogP contribution in [0.25, 0.3) is 0 Å². The van der Waals surface area contributed by atoms with Crippen molar-refractivity contribution in [3.63, 3.8) is 0 Å². The van der Waals surface area contributed by atoms with Crippen LogP contribution >= 0.6 is 0 Å². The average molecular weight is 254 g/mol. The molecule has 1 heterocycles. The summed E-state index contributed by atoms with van der Waals surface area (Å²) >= 11 is 0. The van der Waals surface area contributed by atoms with E-state index in [9.17, 15) is 0 Å². The zero-order chi connectivity index (χ0) is 10.6. The average Bonchev–Trinajstić information content (AvgIpc) is 3.09. The van der Waals surface area contributed by atoms with Gasteiger partial charge in [-0.1, -0.05) is 0 Å². The molecule has 1 N–H and O–H groups in total. The fourth-order valence-corrected chi connectivity index (χ4v) is 0.857. The van der Waals surface area contributed by atoms with Crippen LogP contribution in [0.3, 0.4) is 0 Å². The van der Waals surface area contributed by atoms with Gasteiger partial charge >= 0.3 is 0 Å². The number of rotatable bonds is 0. The van der Waals surface area contributed by atoms with Crippen molar-refractivity contribution in [3.8, 4) is 0 Å². The van der Waals surface area contributed by atoms with Gasteiger partial charge in [-0.15, -0.1) is 0 Å². The summed E-state index contributed by atoms with van der Waals surface area (Å²) in [5, 5.41) is 0. The number of imidazole rings is 1. The Hall–Kier alpha value is -1.57. The standard InChI is InChI=1S/2C5H5.C3H4N2.Fe/c2*1-2-4-5-3-1;1-2-5-3-4-1;/h2*1-5H;1-3H,(H,4,5);/q-5;-1;;. The normalized spacial score (nSPS) is 7.50. The Morgan fingerprint density at radius 2 is 1.44 bits per heavy atom. The van der Waals surface area contributed by atoms with Crippen molar-refractivity contribution in [1.29, 1.82) is 0 Å². The van der Waals surface area contributed by atoms with E-state index < -0.39 is 0 Å². The molecule has 0 fully saturated rings. The number of nitrogens with one attached hydrogen (secondary N) is 1. The summed E-state index contributed by atoms with van der Waals surface area (Å²) < 4.78 is 0. The minimum Gasteiger partial charge on any atom is -0.748 e. The molecule has 1 aromatic heterocycles. The van der Waals surface area contributed by atoms with Crippen molar-refractivity contribution in [2.45, 2.75) is 0 Å². The van der Waals surface area contributed by atoms with E-state index in [1.165, 1.54) is 0 Å². The number of aromatic nitrogens is 2. The molecule has 0 unspecified atom stereocenters. The molecule has 0 saturated heterocycles. The summed E-state index contributed by atoms with van der Waals surface area (Å²) in [5.74, 6) is 0. The maximum absolute atomic E-state index is 3.67. The van der Waals surface area contributed by atoms with Gasteiger partial charge in [0.2, 0.25) is 0 Å². The monoisotopic (exact) mass is 254 g/mol. The number of aromatic amines is 1. The predicted octanol–water partition coefficient (Wildman–Crippen LogP) is 3.22. The number of nitrogens with zero attached hydrogens (tertiary/aromatic N) is 1. The molecule has 0 atom stereocenters. The molecule has 2 aromatic carbocycles. The second kappa shape index (κ2) is 11.5. The molecule has 0 bridgehead atoms. The van der Waals surface area contributed by atoms with Gasteiger partial charge < -0.3 is 35.3 Å². The van der Waals surface area contributed by atoms with Crippen LogP contribution in [0.4, 0.5) is 0 Å². The van der Waals surface area contributed by atoms with E-state index >= 15 is 0 Å². The van der Waals surface area contributed by atoms with Crippen molar-refractivity contribution in [2.24, 2.45) is 0 Å². The third kappa shape index (κ3) is 9.00. The molecule has 0 radical (unpaired) electrons. The topological polar surface area (TPSA) is 28.7 Å². The summed E-state index contributed by atoms with van der Waals surface area (Å²) in [6.45, 7) is 0. The molecule has 3 rings (SSSR count). The summed E-state index contributed by atoms with van der Waals surface area (Å²) in [7, 11) is 0. The zero-order valence-corrected chi connectivity index (χ0v) is 9.91. The molecule has 0 amide bonds. The van der Waals surface area contributed by atoms with Gasteiger partial charge in [0.05, 0.1) is 6.33 Å². The minimum atomic E-state index is 0. The van der Waals surface area contributed by atoms with Crippen LogP contribution in [0.1, 0.15) is 0 Å². The maximum atomic E-state index is 3.67. The van der Waals surface area contributed by atoms with Gasteiger partial charge in [-0.25, -0.2) is 17.1 Å². The van der Waals surface area contributed by atoms with Crippen molar-refractivity contribution in [2.75, 3.05) is 0 Å².